The van der Waals surface area contributed by atoms with Crippen LogP contribution in [0.1, 0.15) is 25.5 Å². The van der Waals surface area contributed by atoms with E-state index in [1.54, 1.807) is 6.92 Å². The Morgan fingerprint density at radius 3 is 2.19 bits per heavy atom. The molecule has 0 aliphatic carbocycles. The molecule has 184 valence electrons. The van der Waals surface area contributed by atoms with E-state index in [4.69, 9.17) is 29.4 Å². The number of amides is 1. The minimum atomic E-state index is -0.944. The minimum Gasteiger partial charge on any atom is -0.493 e. The van der Waals surface area contributed by atoms with E-state index >= 15 is 0 Å². The first-order chi connectivity index (χ1) is 15.4. The molecule has 0 saturated heterocycles. The molecule has 1 unspecified atom stereocenters. The van der Waals surface area contributed by atoms with Gasteiger partial charge in [0.1, 0.15) is 0 Å². The number of ether oxygens (including phenoxy) is 5. The number of nitro benzene ring substituents is 1. The van der Waals surface area contributed by atoms with Crippen LogP contribution in [-0.4, -0.2) is 82.9 Å². The molecular formula is C20H35N3O9. The number of aliphatic hydroxyl groups is 1. The quantitative estimate of drug-likeness (QED) is 0.131. The van der Waals surface area contributed by atoms with Gasteiger partial charge in [0, 0.05) is 13.1 Å². The number of nitro groups is 1. The Labute approximate surface area is 188 Å². The fourth-order valence-corrected chi connectivity index (χ4v) is 2.30. The summed E-state index contributed by atoms with van der Waals surface area (Å²) in [6.45, 7) is 7.92. The second kappa shape index (κ2) is 19.2. The van der Waals surface area contributed by atoms with Crippen LogP contribution in [-0.2, 0) is 19.0 Å². The van der Waals surface area contributed by atoms with E-state index in [1.165, 1.54) is 26.2 Å². The zero-order valence-corrected chi connectivity index (χ0v) is 18.9. The van der Waals surface area contributed by atoms with Crippen LogP contribution in [0.2, 0.25) is 0 Å². The average molecular weight is 462 g/mol. The zero-order valence-electron chi connectivity index (χ0n) is 18.9. The maximum absolute atomic E-state index is 10.9. The van der Waals surface area contributed by atoms with Gasteiger partial charge in [0.05, 0.1) is 76.0 Å². The van der Waals surface area contributed by atoms with E-state index in [9.17, 15) is 20.0 Å². The number of aliphatic hydroxyl groups excluding tert-OH is 1. The summed E-state index contributed by atoms with van der Waals surface area (Å²) in [7, 11) is 1.44. The lowest BCUT2D eigenvalue weighted by atomic mass is 10.1. The maximum Gasteiger partial charge on any atom is 0.279 e. The summed E-state index contributed by atoms with van der Waals surface area (Å²) in [5.74, 6) is 0.666. The van der Waals surface area contributed by atoms with Gasteiger partial charge in [-0.15, -0.1) is 0 Å². The summed E-state index contributed by atoms with van der Waals surface area (Å²) in [5.41, 5.74) is 5.26. The van der Waals surface area contributed by atoms with Crippen LogP contribution in [0, 0.1) is 10.1 Å². The number of carbonyl (C=O) groups excluding carboxylic acids is 1. The Morgan fingerprint density at radius 1 is 1.12 bits per heavy atom. The van der Waals surface area contributed by atoms with Crippen molar-refractivity contribution in [1.82, 2.24) is 5.32 Å². The number of hydrogen-bond acceptors (Lipinski definition) is 10. The van der Waals surface area contributed by atoms with E-state index < -0.39 is 11.0 Å². The van der Waals surface area contributed by atoms with Crippen molar-refractivity contribution in [3.63, 3.8) is 0 Å². The van der Waals surface area contributed by atoms with Gasteiger partial charge in [0.2, 0.25) is 6.41 Å². The first-order valence-electron chi connectivity index (χ1n) is 10.2. The molecule has 1 rings (SSSR count). The summed E-state index contributed by atoms with van der Waals surface area (Å²) >= 11 is 0. The van der Waals surface area contributed by atoms with Gasteiger partial charge < -0.3 is 39.8 Å². The number of rotatable bonds is 17. The molecule has 0 saturated carbocycles. The SMILES string of the molecule is CCOc1cc([N+](=O)[O-])c(C(C)O)cc1OC.NCCOCCOCCOCCNC=O. The van der Waals surface area contributed by atoms with Crippen LogP contribution in [0.3, 0.4) is 0 Å². The number of nitrogens with one attached hydrogen (secondary N) is 1. The molecule has 0 radical (unpaired) electrons. The maximum atomic E-state index is 10.9. The molecule has 0 heterocycles. The summed E-state index contributed by atoms with van der Waals surface area (Å²) < 4.78 is 25.8. The van der Waals surface area contributed by atoms with E-state index in [0.717, 1.165) is 0 Å². The molecule has 0 fully saturated rings. The zero-order chi connectivity index (χ0) is 24.2. The summed E-state index contributed by atoms with van der Waals surface area (Å²) in [6, 6.07) is 2.69. The first-order valence-corrected chi connectivity index (χ1v) is 10.2. The second-order valence-electron chi connectivity index (χ2n) is 6.13. The fourth-order valence-electron chi connectivity index (χ4n) is 2.30. The van der Waals surface area contributed by atoms with Crippen LogP contribution in [0.5, 0.6) is 11.5 Å². The van der Waals surface area contributed by atoms with Gasteiger partial charge in [-0.25, -0.2) is 0 Å². The third-order valence-corrected chi connectivity index (χ3v) is 3.74. The van der Waals surface area contributed by atoms with E-state index in [0.29, 0.717) is 77.2 Å². The van der Waals surface area contributed by atoms with Crippen LogP contribution in [0.15, 0.2) is 12.1 Å². The predicted molar refractivity (Wildman–Crippen MR) is 117 cm³/mol. The highest BCUT2D eigenvalue weighted by molar-refractivity contribution is 5.55. The molecule has 32 heavy (non-hydrogen) atoms. The third-order valence-electron chi connectivity index (χ3n) is 3.74. The lowest BCUT2D eigenvalue weighted by Gasteiger charge is -2.12. The van der Waals surface area contributed by atoms with E-state index in [1.807, 2.05) is 0 Å². The lowest BCUT2D eigenvalue weighted by Crippen LogP contribution is -2.19. The molecule has 1 aromatic rings. The molecule has 0 aliphatic heterocycles. The van der Waals surface area contributed by atoms with Crippen molar-refractivity contribution in [3.8, 4) is 11.5 Å². The topological polar surface area (TPSA) is 165 Å². The number of benzene rings is 1. The van der Waals surface area contributed by atoms with Crippen LogP contribution in [0.4, 0.5) is 5.69 Å². The third kappa shape index (κ3) is 13.0. The van der Waals surface area contributed by atoms with Crippen molar-refractivity contribution >= 4 is 12.1 Å². The molecule has 1 aromatic carbocycles. The average Bonchev–Trinajstić information content (AvgIpc) is 2.77. The number of methoxy groups -OCH3 is 1. The Morgan fingerprint density at radius 2 is 1.72 bits per heavy atom. The van der Waals surface area contributed by atoms with Crippen molar-refractivity contribution in [3.05, 3.63) is 27.8 Å². The van der Waals surface area contributed by atoms with Crippen LogP contribution < -0.4 is 20.5 Å². The summed E-state index contributed by atoms with van der Waals surface area (Å²) in [5, 5.41) is 22.9. The summed E-state index contributed by atoms with van der Waals surface area (Å²) in [6.07, 6.45) is -0.297. The first kappa shape index (κ1) is 29.5. The largest absolute Gasteiger partial charge is 0.493 e. The van der Waals surface area contributed by atoms with Gasteiger partial charge in [-0.05, 0) is 19.9 Å². The van der Waals surface area contributed by atoms with Crippen molar-refractivity contribution in [2.24, 2.45) is 5.73 Å². The Balaban J connectivity index is 0.000000607. The molecule has 12 nitrogen and oxygen atoms in total. The highest BCUT2D eigenvalue weighted by atomic mass is 16.6. The number of nitrogens with zero attached hydrogens (tertiary/aromatic N) is 1. The minimum absolute atomic E-state index is 0.177. The number of nitrogens with two attached hydrogens (primary N) is 1. The van der Waals surface area contributed by atoms with E-state index in [2.05, 4.69) is 5.32 Å². The smallest absolute Gasteiger partial charge is 0.279 e. The normalized spacial score (nSPS) is 11.2. The molecule has 1 amide bonds. The number of carbonyl (C=O) groups is 1. The van der Waals surface area contributed by atoms with Crippen LogP contribution in [0.25, 0.3) is 0 Å². The van der Waals surface area contributed by atoms with E-state index in [-0.39, 0.29) is 11.3 Å². The van der Waals surface area contributed by atoms with Gasteiger partial charge in [0.15, 0.2) is 11.5 Å². The number of hydrogen-bond donors (Lipinski definition) is 3. The fraction of sp³-hybridized carbons (Fsp3) is 0.650. The van der Waals surface area contributed by atoms with Crippen molar-refractivity contribution in [2.45, 2.75) is 20.0 Å². The molecule has 0 aromatic heterocycles. The molecule has 4 N–H and O–H groups in total. The van der Waals surface area contributed by atoms with Gasteiger partial charge in [-0.3, -0.25) is 14.9 Å². The van der Waals surface area contributed by atoms with Gasteiger partial charge >= 0.3 is 0 Å². The standard InChI is InChI=1S/C11H15NO5.C9H20N2O4/c1-4-17-11-6-9(12(14)15)8(7(2)13)5-10(11)16-3;10-1-3-13-5-7-15-8-6-14-4-2-11-9-12/h5-7,13H,4H2,1-3H3;9H,1-8,10H2,(H,11,12). The highest BCUT2D eigenvalue weighted by Gasteiger charge is 2.22. The highest BCUT2D eigenvalue weighted by Crippen LogP contribution is 2.37. The second-order valence-corrected chi connectivity index (χ2v) is 6.13. The van der Waals surface area contributed by atoms with Crippen LogP contribution >= 0.6 is 0 Å². The van der Waals surface area contributed by atoms with Crippen molar-refractivity contribution in [1.29, 1.82) is 0 Å². The van der Waals surface area contributed by atoms with Crippen molar-refractivity contribution in [2.75, 3.05) is 66.4 Å². The Hall–Kier alpha value is -2.51. The Bertz CT molecular complexity index is 645. The molecule has 0 bridgehead atoms. The lowest BCUT2D eigenvalue weighted by molar-refractivity contribution is -0.386. The summed E-state index contributed by atoms with van der Waals surface area (Å²) in [4.78, 5) is 20.2. The van der Waals surface area contributed by atoms with Gasteiger partial charge in [-0.2, -0.15) is 0 Å². The monoisotopic (exact) mass is 461 g/mol. The van der Waals surface area contributed by atoms with Crippen molar-refractivity contribution < 1.29 is 38.5 Å². The molecule has 12 heteroatoms. The predicted octanol–water partition coefficient (Wildman–Crippen LogP) is 0.796. The Kier molecular flexibility index (Phi) is 17.7. The van der Waals surface area contributed by atoms with Gasteiger partial charge in [-0.1, -0.05) is 0 Å². The molecule has 0 aliphatic rings. The molecule has 1 atom stereocenters. The van der Waals surface area contributed by atoms with Gasteiger partial charge in [0.25, 0.3) is 5.69 Å². The molecule has 0 spiro atoms. The molecular weight excluding hydrogens is 426 g/mol.